The van der Waals surface area contributed by atoms with E-state index >= 15 is 0 Å². The Morgan fingerprint density at radius 1 is 1.67 bits per heavy atom. The number of hydrogen-bond acceptors (Lipinski definition) is 1. The molecular formula is C8H13N2O2+. The number of rotatable bonds is 0. The summed E-state index contributed by atoms with van der Waals surface area (Å²) in [6.45, 7) is 2.56. The Balaban J connectivity index is 2.31. The zero-order valence-corrected chi connectivity index (χ0v) is 7.08. The molecular weight excluding hydrogens is 156 g/mol. The first-order chi connectivity index (χ1) is 5.70. The van der Waals surface area contributed by atoms with E-state index in [9.17, 15) is 9.90 Å². The van der Waals surface area contributed by atoms with Gasteiger partial charge in [0.25, 0.3) is 5.91 Å². The first kappa shape index (κ1) is 7.58. The molecule has 2 N–H and O–H groups in total. The Hall–Kier alpha value is -1.06. The van der Waals surface area contributed by atoms with Gasteiger partial charge < -0.3 is 10.0 Å². The van der Waals surface area contributed by atoms with Crippen LogP contribution in [0.5, 0.6) is 0 Å². The largest absolute Gasteiger partial charge is 0.462 e. The number of carbonyl (C=O) groups excluding carboxylic acids is 1. The van der Waals surface area contributed by atoms with Crippen molar-refractivity contribution in [3.05, 3.63) is 0 Å². The van der Waals surface area contributed by atoms with Gasteiger partial charge in [0.15, 0.2) is 6.04 Å². The van der Waals surface area contributed by atoms with Gasteiger partial charge in [0.05, 0.1) is 0 Å². The molecule has 66 valence electrons. The van der Waals surface area contributed by atoms with Gasteiger partial charge in [-0.25, -0.2) is 4.99 Å². The molecule has 1 fully saturated rings. The quantitative estimate of drug-likeness (QED) is 0.459. The van der Waals surface area contributed by atoms with E-state index in [1.165, 1.54) is 0 Å². The van der Waals surface area contributed by atoms with Gasteiger partial charge in [0.2, 0.25) is 6.04 Å². The molecule has 4 heteroatoms. The van der Waals surface area contributed by atoms with E-state index in [0.29, 0.717) is 0 Å². The Morgan fingerprint density at radius 3 is 3.17 bits per heavy atom. The number of aliphatic hydroxyl groups is 1. The molecule has 2 aliphatic heterocycles. The summed E-state index contributed by atoms with van der Waals surface area (Å²) in [6, 6.07) is -0.326. The first-order valence-electron chi connectivity index (χ1n) is 4.33. The number of nitrogens with one attached hydrogen (secondary N) is 1. The minimum atomic E-state index is -0.264. The van der Waals surface area contributed by atoms with E-state index in [2.05, 4.69) is 4.99 Å². The zero-order chi connectivity index (χ0) is 8.72. The van der Waals surface area contributed by atoms with E-state index < -0.39 is 0 Å². The standard InChI is InChI=1S/C8H12N2O2/c1-5-8(12)10-4-2-3-6(10)7(11)9-5/h5-6H,2-4H2,1H3,(H,9,11)/p+1. The second-order valence-electron chi connectivity index (χ2n) is 3.44. The van der Waals surface area contributed by atoms with Gasteiger partial charge >= 0.3 is 5.90 Å². The van der Waals surface area contributed by atoms with Gasteiger partial charge in [-0.2, -0.15) is 0 Å². The molecule has 0 radical (unpaired) electrons. The highest BCUT2D eigenvalue weighted by molar-refractivity contribution is 5.89. The van der Waals surface area contributed by atoms with Gasteiger partial charge in [0.1, 0.15) is 0 Å². The Morgan fingerprint density at radius 2 is 2.42 bits per heavy atom. The van der Waals surface area contributed by atoms with Crippen molar-refractivity contribution in [1.82, 2.24) is 4.90 Å². The third-order valence-electron chi connectivity index (χ3n) is 2.59. The maximum atomic E-state index is 11.5. The molecule has 0 saturated carbocycles. The van der Waals surface area contributed by atoms with Crippen molar-refractivity contribution in [3.63, 3.8) is 0 Å². The van der Waals surface area contributed by atoms with Crippen molar-refractivity contribution in [3.8, 4) is 0 Å². The second kappa shape index (κ2) is 2.47. The number of fused-ring (bicyclic) bond motifs is 1. The molecule has 2 rings (SSSR count). The SMILES string of the molecule is CC1[NH+]=C(O)C2CCCN2C1=O. The van der Waals surface area contributed by atoms with Gasteiger partial charge in [-0.3, -0.25) is 4.79 Å². The Kier molecular flexibility index (Phi) is 1.56. The molecule has 12 heavy (non-hydrogen) atoms. The number of amides is 1. The van der Waals surface area contributed by atoms with Crippen LogP contribution in [-0.2, 0) is 4.79 Å². The second-order valence-corrected chi connectivity index (χ2v) is 3.44. The van der Waals surface area contributed by atoms with E-state index in [0.717, 1.165) is 19.4 Å². The monoisotopic (exact) mass is 169 g/mol. The van der Waals surface area contributed by atoms with Gasteiger partial charge in [0, 0.05) is 13.5 Å². The summed E-state index contributed by atoms with van der Waals surface area (Å²) in [5.41, 5.74) is 0. The summed E-state index contributed by atoms with van der Waals surface area (Å²) in [5.74, 6) is 0.370. The van der Waals surface area contributed by atoms with Gasteiger partial charge in [-0.15, -0.1) is 0 Å². The van der Waals surface area contributed by atoms with Crippen molar-refractivity contribution in [2.24, 2.45) is 0 Å². The number of carbonyl (C=O) groups is 1. The van der Waals surface area contributed by atoms with E-state index in [-0.39, 0.29) is 23.9 Å². The van der Waals surface area contributed by atoms with Crippen molar-refractivity contribution in [2.75, 3.05) is 6.54 Å². The van der Waals surface area contributed by atoms with Crippen LogP contribution < -0.4 is 4.99 Å². The highest BCUT2D eigenvalue weighted by Crippen LogP contribution is 2.18. The molecule has 0 aliphatic carbocycles. The molecule has 0 aromatic rings. The van der Waals surface area contributed by atoms with Crippen molar-refractivity contribution in [2.45, 2.75) is 31.8 Å². The molecule has 0 spiro atoms. The molecule has 4 nitrogen and oxygen atoms in total. The molecule has 2 aliphatic rings. The summed E-state index contributed by atoms with van der Waals surface area (Å²) in [6.07, 6.45) is 1.88. The van der Waals surface area contributed by atoms with E-state index in [1.807, 2.05) is 0 Å². The van der Waals surface area contributed by atoms with Gasteiger partial charge in [-0.05, 0) is 12.8 Å². The third-order valence-corrected chi connectivity index (χ3v) is 2.59. The average molecular weight is 169 g/mol. The lowest BCUT2D eigenvalue weighted by Crippen LogP contribution is -2.88. The molecule has 2 heterocycles. The van der Waals surface area contributed by atoms with Crippen LogP contribution in [0.15, 0.2) is 0 Å². The lowest BCUT2D eigenvalue weighted by molar-refractivity contribution is -0.500. The third kappa shape index (κ3) is 0.906. The normalized spacial score (nSPS) is 34.9. The molecule has 2 unspecified atom stereocenters. The molecule has 0 bridgehead atoms. The Bertz CT molecular complexity index is 249. The van der Waals surface area contributed by atoms with Crippen molar-refractivity contribution >= 4 is 11.8 Å². The fraction of sp³-hybridized carbons (Fsp3) is 0.750. The lowest BCUT2D eigenvalue weighted by Gasteiger charge is -2.25. The summed E-state index contributed by atoms with van der Waals surface area (Å²) in [4.78, 5) is 16.0. The predicted molar refractivity (Wildman–Crippen MR) is 42.8 cm³/mol. The molecule has 0 aromatic carbocycles. The molecule has 0 aromatic heterocycles. The summed E-state index contributed by atoms with van der Waals surface area (Å²) < 4.78 is 0. The van der Waals surface area contributed by atoms with Crippen molar-refractivity contribution in [1.29, 1.82) is 0 Å². The van der Waals surface area contributed by atoms with Crippen LogP contribution in [0, 0.1) is 0 Å². The fourth-order valence-electron chi connectivity index (χ4n) is 1.94. The van der Waals surface area contributed by atoms with E-state index in [1.54, 1.807) is 11.8 Å². The fourth-order valence-corrected chi connectivity index (χ4v) is 1.94. The van der Waals surface area contributed by atoms with Crippen LogP contribution in [0.4, 0.5) is 0 Å². The summed E-state index contributed by atoms with van der Waals surface area (Å²) >= 11 is 0. The van der Waals surface area contributed by atoms with Crippen LogP contribution in [-0.4, -0.2) is 40.4 Å². The van der Waals surface area contributed by atoms with E-state index in [4.69, 9.17) is 0 Å². The minimum absolute atomic E-state index is 0.0614. The highest BCUT2D eigenvalue weighted by Gasteiger charge is 2.43. The number of hydrogen-bond donors (Lipinski definition) is 2. The molecule has 1 saturated heterocycles. The topological polar surface area (TPSA) is 54.5 Å². The van der Waals surface area contributed by atoms with Crippen molar-refractivity contribution < 1.29 is 14.9 Å². The summed E-state index contributed by atoms with van der Waals surface area (Å²) in [5, 5.41) is 9.48. The van der Waals surface area contributed by atoms with Crippen LogP contribution >= 0.6 is 0 Å². The maximum absolute atomic E-state index is 11.5. The zero-order valence-electron chi connectivity index (χ0n) is 7.08. The highest BCUT2D eigenvalue weighted by atomic mass is 16.3. The Labute approximate surface area is 70.9 Å². The van der Waals surface area contributed by atoms with Crippen LogP contribution in [0.25, 0.3) is 0 Å². The van der Waals surface area contributed by atoms with Crippen LogP contribution in [0.1, 0.15) is 19.8 Å². The maximum Gasteiger partial charge on any atom is 0.356 e. The van der Waals surface area contributed by atoms with Crippen LogP contribution in [0.3, 0.4) is 0 Å². The van der Waals surface area contributed by atoms with Crippen LogP contribution in [0.2, 0.25) is 0 Å². The van der Waals surface area contributed by atoms with Gasteiger partial charge in [-0.1, -0.05) is 0 Å². The predicted octanol–water partition coefficient (Wildman–Crippen LogP) is -1.58. The average Bonchev–Trinajstić information content (AvgIpc) is 2.48. The lowest BCUT2D eigenvalue weighted by atomic mass is 10.1. The number of aliphatic hydroxyl groups excluding tert-OH is 1. The molecule has 1 amide bonds. The molecule has 2 atom stereocenters. The smallest absolute Gasteiger partial charge is 0.356 e. The first-order valence-corrected chi connectivity index (χ1v) is 4.33. The minimum Gasteiger partial charge on any atom is -0.462 e. The summed E-state index contributed by atoms with van der Waals surface area (Å²) in [7, 11) is 0. The number of nitrogens with zero attached hydrogens (tertiary/aromatic N) is 1.